The third-order valence-corrected chi connectivity index (χ3v) is 3.01. The lowest BCUT2D eigenvalue weighted by Crippen LogP contribution is -2.53. The van der Waals surface area contributed by atoms with Crippen molar-refractivity contribution in [2.45, 2.75) is 18.9 Å². The van der Waals surface area contributed by atoms with Crippen LogP contribution in [0.2, 0.25) is 5.02 Å². The van der Waals surface area contributed by atoms with Gasteiger partial charge in [0, 0.05) is 11.4 Å². The SMILES string of the molecule is O=C1CCC(NC(=O)COc2ccc(Cl)cc2)C(=O)N1. The number of piperidine rings is 1. The number of carbonyl (C=O) groups excluding carboxylic acids is 3. The number of amides is 3. The summed E-state index contributed by atoms with van der Waals surface area (Å²) in [6, 6.07) is 5.89. The highest BCUT2D eigenvalue weighted by molar-refractivity contribution is 6.30. The highest BCUT2D eigenvalue weighted by Gasteiger charge is 2.27. The summed E-state index contributed by atoms with van der Waals surface area (Å²) in [5, 5.41) is 5.26. The smallest absolute Gasteiger partial charge is 0.258 e. The van der Waals surface area contributed by atoms with E-state index >= 15 is 0 Å². The molecule has 1 aliphatic rings. The lowest BCUT2D eigenvalue weighted by molar-refractivity contribution is -0.137. The zero-order valence-electron chi connectivity index (χ0n) is 10.5. The molecule has 1 aromatic carbocycles. The molecule has 2 rings (SSSR count). The normalized spacial score (nSPS) is 18.4. The number of ether oxygens (including phenoxy) is 1. The van der Waals surface area contributed by atoms with E-state index in [2.05, 4.69) is 10.6 Å². The highest BCUT2D eigenvalue weighted by atomic mass is 35.5. The maximum Gasteiger partial charge on any atom is 0.258 e. The minimum Gasteiger partial charge on any atom is -0.484 e. The van der Waals surface area contributed by atoms with Gasteiger partial charge in [-0.25, -0.2) is 0 Å². The lowest BCUT2D eigenvalue weighted by atomic mass is 10.1. The third-order valence-electron chi connectivity index (χ3n) is 2.76. The predicted octanol–water partition coefficient (Wildman–Crippen LogP) is 0.640. The maximum atomic E-state index is 11.7. The molecule has 7 heteroatoms. The molecule has 1 atom stereocenters. The fourth-order valence-corrected chi connectivity index (χ4v) is 1.87. The molecule has 1 saturated heterocycles. The molecule has 1 aliphatic heterocycles. The van der Waals surface area contributed by atoms with E-state index in [0.29, 0.717) is 17.2 Å². The number of imide groups is 1. The molecule has 0 radical (unpaired) electrons. The summed E-state index contributed by atoms with van der Waals surface area (Å²) in [6.07, 6.45) is 0.520. The van der Waals surface area contributed by atoms with Crippen LogP contribution < -0.4 is 15.4 Å². The van der Waals surface area contributed by atoms with Gasteiger partial charge in [-0.15, -0.1) is 0 Å². The van der Waals surface area contributed by atoms with Crippen molar-refractivity contribution in [1.82, 2.24) is 10.6 Å². The first kappa shape index (κ1) is 14.3. The van der Waals surface area contributed by atoms with Gasteiger partial charge in [-0.05, 0) is 30.7 Å². The first-order valence-electron chi connectivity index (χ1n) is 6.06. The number of rotatable bonds is 4. The first-order chi connectivity index (χ1) is 9.54. The van der Waals surface area contributed by atoms with Crippen molar-refractivity contribution in [3.05, 3.63) is 29.3 Å². The molecule has 0 saturated carbocycles. The van der Waals surface area contributed by atoms with Gasteiger partial charge >= 0.3 is 0 Å². The molecular formula is C13H13ClN2O4. The molecule has 1 fully saturated rings. The quantitative estimate of drug-likeness (QED) is 0.799. The second kappa shape index (κ2) is 6.38. The molecule has 3 amide bonds. The molecule has 20 heavy (non-hydrogen) atoms. The summed E-state index contributed by atoms with van der Waals surface area (Å²) < 4.78 is 5.25. The molecule has 106 valence electrons. The maximum absolute atomic E-state index is 11.7. The number of hydrogen-bond donors (Lipinski definition) is 2. The zero-order chi connectivity index (χ0) is 14.5. The van der Waals surface area contributed by atoms with E-state index in [9.17, 15) is 14.4 Å². The molecule has 0 spiro atoms. The van der Waals surface area contributed by atoms with Crippen LogP contribution >= 0.6 is 11.6 Å². The molecule has 1 unspecified atom stereocenters. The Morgan fingerprint density at radius 1 is 1.35 bits per heavy atom. The van der Waals surface area contributed by atoms with Gasteiger partial charge in [0.15, 0.2) is 6.61 Å². The van der Waals surface area contributed by atoms with E-state index in [0.717, 1.165) is 0 Å². The van der Waals surface area contributed by atoms with E-state index in [-0.39, 0.29) is 18.9 Å². The Morgan fingerprint density at radius 2 is 2.05 bits per heavy atom. The van der Waals surface area contributed by atoms with Crippen LogP contribution in [0.3, 0.4) is 0 Å². The standard InChI is InChI=1S/C13H13ClN2O4/c14-8-1-3-9(4-2-8)20-7-12(18)15-10-5-6-11(17)16-13(10)19/h1-4,10H,5-7H2,(H,15,18)(H,16,17,19). The van der Waals surface area contributed by atoms with Crippen LogP contribution in [-0.4, -0.2) is 30.4 Å². The van der Waals surface area contributed by atoms with Crippen molar-refractivity contribution in [3.63, 3.8) is 0 Å². The number of nitrogens with one attached hydrogen (secondary N) is 2. The van der Waals surface area contributed by atoms with Gasteiger partial charge in [0.2, 0.25) is 11.8 Å². The topological polar surface area (TPSA) is 84.5 Å². The lowest BCUT2D eigenvalue weighted by Gasteiger charge is -2.21. The molecule has 0 aliphatic carbocycles. The second-order valence-electron chi connectivity index (χ2n) is 4.31. The Hall–Kier alpha value is -2.08. The monoisotopic (exact) mass is 296 g/mol. The summed E-state index contributed by atoms with van der Waals surface area (Å²) in [6.45, 7) is -0.209. The molecular weight excluding hydrogens is 284 g/mol. The van der Waals surface area contributed by atoms with Gasteiger partial charge in [0.25, 0.3) is 5.91 Å². The molecule has 2 N–H and O–H groups in total. The Kier molecular flexibility index (Phi) is 4.57. The van der Waals surface area contributed by atoms with Gasteiger partial charge in [-0.3, -0.25) is 19.7 Å². The minimum atomic E-state index is -0.686. The average Bonchev–Trinajstić information content (AvgIpc) is 2.41. The fourth-order valence-electron chi connectivity index (χ4n) is 1.75. The Morgan fingerprint density at radius 3 is 2.70 bits per heavy atom. The first-order valence-corrected chi connectivity index (χ1v) is 6.44. The number of hydrogen-bond acceptors (Lipinski definition) is 4. The van der Waals surface area contributed by atoms with Crippen LogP contribution in [-0.2, 0) is 14.4 Å². The zero-order valence-corrected chi connectivity index (χ0v) is 11.3. The van der Waals surface area contributed by atoms with Crippen LogP contribution in [0.4, 0.5) is 0 Å². The summed E-state index contributed by atoms with van der Waals surface area (Å²) >= 11 is 5.72. The molecule has 1 aromatic rings. The van der Waals surface area contributed by atoms with E-state index in [1.165, 1.54) is 0 Å². The molecule has 6 nitrogen and oxygen atoms in total. The van der Waals surface area contributed by atoms with Crippen molar-refractivity contribution < 1.29 is 19.1 Å². The van der Waals surface area contributed by atoms with Gasteiger partial charge in [0.05, 0.1) is 0 Å². The van der Waals surface area contributed by atoms with Gasteiger partial charge in [0.1, 0.15) is 11.8 Å². The number of halogens is 1. The van der Waals surface area contributed by atoms with Crippen molar-refractivity contribution in [3.8, 4) is 5.75 Å². The molecule has 0 bridgehead atoms. The summed E-state index contributed by atoms with van der Waals surface area (Å²) in [5.74, 6) is -0.721. The second-order valence-corrected chi connectivity index (χ2v) is 4.75. The predicted molar refractivity (Wildman–Crippen MR) is 71.3 cm³/mol. The summed E-state index contributed by atoms with van der Waals surface area (Å²) in [7, 11) is 0. The number of carbonyl (C=O) groups is 3. The Labute approximate surface area is 120 Å². The third kappa shape index (κ3) is 3.96. The Balaban J connectivity index is 1.79. The van der Waals surface area contributed by atoms with E-state index in [1.54, 1.807) is 24.3 Å². The summed E-state index contributed by atoms with van der Waals surface area (Å²) in [4.78, 5) is 34.1. The molecule has 1 heterocycles. The van der Waals surface area contributed by atoms with Crippen LogP contribution in [0.15, 0.2) is 24.3 Å². The van der Waals surface area contributed by atoms with Crippen LogP contribution in [0.5, 0.6) is 5.75 Å². The van der Waals surface area contributed by atoms with Gasteiger partial charge in [-0.2, -0.15) is 0 Å². The largest absolute Gasteiger partial charge is 0.484 e. The van der Waals surface area contributed by atoms with E-state index in [1.807, 2.05) is 0 Å². The summed E-state index contributed by atoms with van der Waals surface area (Å²) in [5.41, 5.74) is 0. The molecule has 0 aromatic heterocycles. The highest BCUT2D eigenvalue weighted by Crippen LogP contribution is 2.15. The average molecular weight is 297 g/mol. The van der Waals surface area contributed by atoms with Crippen molar-refractivity contribution in [1.29, 1.82) is 0 Å². The van der Waals surface area contributed by atoms with Crippen molar-refractivity contribution >= 4 is 29.3 Å². The van der Waals surface area contributed by atoms with Gasteiger partial charge in [-0.1, -0.05) is 11.6 Å². The van der Waals surface area contributed by atoms with Crippen LogP contribution in [0.1, 0.15) is 12.8 Å². The van der Waals surface area contributed by atoms with E-state index in [4.69, 9.17) is 16.3 Å². The number of benzene rings is 1. The van der Waals surface area contributed by atoms with Gasteiger partial charge < -0.3 is 10.1 Å². The van der Waals surface area contributed by atoms with Crippen molar-refractivity contribution in [2.24, 2.45) is 0 Å². The van der Waals surface area contributed by atoms with Crippen molar-refractivity contribution in [2.75, 3.05) is 6.61 Å². The minimum absolute atomic E-state index is 0.209. The fraction of sp³-hybridized carbons (Fsp3) is 0.308. The Bertz CT molecular complexity index is 530. The van der Waals surface area contributed by atoms with E-state index < -0.39 is 17.9 Å². The van der Waals surface area contributed by atoms with Crippen LogP contribution in [0.25, 0.3) is 0 Å². The van der Waals surface area contributed by atoms with Crippen LogP contribution in [0, 0.1) is 0 Å².